The second kappa shape index (κ2) is 6.55. The van der Waals surface area contributed by atoms with Gasteiger partial charge in [-0.15, -0.1) is 0 Å². The minimum atomic E-state index is -3.44. The van der Waals surface area contributed by atoms with E-state index in [1.165, 1.54) is 5.54 Å². The fraction of sp³-hybridized carbons (Fsp3) is 0.429. The van der Waals surface area contributed by atoms with Crippen molar-refractivity contribution < 1.29 is 8.42 Å². The summed E-state index contributed by atoms with van der Waals surface area (Å²) < 4.78 is 26.9. The number of hydrogen-bond donors (Lipinski definition) is 1. The zero-order valence-corrected chi connectivity index (χ0v) is 13.1. The summed E-state index contributed by atoms with van der Waals surface area (Å²) in [6.07, 6.45) is 2.54. The number of halogens is 1. The summed E-state index contributed by atoms with van der Waals surface area (Å²) in [5, 5.41) is 0. The Morgan fingerprint density at radius 1 is 1.26 bits per heavy atom. The molecule has 19 heavy (non-hydrogen) atoms. The lowest BCUT2D eigenvalue weighted by Crippen LogP contribution is -2.33. The zero-order valence-electron chi connectivity index (χ0n) is 11.5. The van der Waals surface area contributed by atoms with E-state index in [0.29, 0.717) is 17.9 Å². The van der Waals surface area contributed by atoms with E-state index in [1.54, 1.807) is 24.3 Å². The first-order valence-electron chi connectivity index (χ1n) is 6.08. The number of sulfonamides is 1. The Kier molecular flexibility index (Phi) is 5.59. The van der Waals surface area contributed by atoms with Crippen LogP contribution in [0.2, 0.25) is 0 Å². The first-order valence-corrected chi connectivity index (χ1v) is 8.00. The van der Waals surface area contributed by atoms with Crippen molar-refractivity contribution in [3.8, 4) is 0 Å². The van der Waals surface area contributed by atoms with Crippen LogP contribution in [0, 0.1) is 12.3 Å². The molecule has 106 valence electrons. The van der Waals surface area contributed by atoms with Gasteiger partial charge in [0, 0.05) is 12.1 Å². The van der Waals surface area contributed by atoms with E-state index in [-0.39, 0.29) is 5.41 Å². The molecular formula is C14H20ClNO2S. The predicted molar refractivity (Wildman–Crippen MR) is 79.8 cm³/mol. The minimum Gasteiger partial charge on any atom is -0.211 e. The van der Waals surface area contributed by atoms with E-state index >= 15 is 0 Å². The van der Waals surface area contributed by atoms with Crippen LogP contribution in [0.3, 0.4) is 0 Å². The number of allylic oxidation sites excluding steroid dienone is 1. The number of aryl methyl sites for hydroxylation is 1. The van der Waals surface area contributed by atoms with Gasteiger partial charge in [0.05, 0.1) is 4.90 Å². The topological polar surface area (TPSA) is 46.2 Å². The second-order valence-electron chi connectivity index (χ2n) is 5.37. The van der Waals surface area contributed by atoms with E-state index < -0.39 is 10.0 Å². The largest absolute Gasteiger partial charge is 0.240 e. The van der Waals surface area contributed by atoms with Gasteiger partial charge in [-0.2, -0.15) is 0 Å². The Morgan fingerprint density at radius 3 is 2.37 bits per heavy atom. The molecule has 0 fully saturated rings. The number of hydrogen-bond acceptors (Lipinski definition) is 2. The number of benzene rings is 1. The molecule has 0 radical (unpaired) electrons. The standard InChI is InChI=1S/C14H20ClNO2S/c1-12-5-7-13(8-6-12)19(17,18)16-11-14(2,3)9-4-10-15/h4-8,10,16H,9,11H2,1-3H3/b10-4+. The molecule has 1 aromatic rings. The highest BCUT2D eigenvalue weighted by atomic mass is 35.5. The van der Waals surface area contributed by atoms with Crippen molar-refractivity contribution in [1.29, 1.82) is 0 Å². The monoisotopic (exact) mass is 301 g/mol. The van der Waals surface area contributed by atoms with Crippen LogP contribution in [0.15, 0.2) is 40.8 Å². The van der Waals surface area contributed by atoms with Crippen molar-refractivity contribution in [2.75, 3.05) is 6.54 Å². The molecule has 0 bridgehead atoms. The molecular weight excluding hydrogens is 282 g/mol. The van der Waals surface area contributed by atoms with Crippen LogP contribution in [-0.2, 0) is 10.0 Å². The molecule has 0 unspecified atom stereocenters. The quantitative estimate of drug-likeness (QED) is 0.875. The fourth-order valence-corrected chi connectivity index (χ4v) is 2.86. The summed E-state index contributed by atoms with van der Waals surface area (Å²) >= 11 is 5.49. The summed E-state index contributed by atoms with van der Waals surface area (Å²) in [7, 11) is -3.44. The van der Waals surface area contributed by atoms with Crippen molar-refractivity contribution in [2.24, 2.45) is 5.41 Å². The highest BCUT2D eigenvalue weighted by Crippen LogP contribution is 2.21. The lowest BCUT2D eigenvalue weighted by Gasteiger charge is -2.23. The van der Waals surface area contributed by atoms with Crippen LogP contribution in [-0.4, -0.2) is 15.0 Å². The van der Waals surface area contributed by atoms with Crippen LogP contribution in [0.4, 0.5) is 0 Å². The maximum Gasteiger partial charge on any atom is 0.240 e. The summed E-state index contributed by atoms with van der Waals surface area (Å²) in [6.45, 7) is 6.26. The second-order valence-corrected chi connectivity index (χ2v) is 7.39. The smallest absolute Gasteiger partial charge is 0.211 e. The summed E-state index contributed by atoms with van der Waals surface area (Å²) in [4.78, 5) is 0.293. The maximum absolute atomic E-state index is 12.1. The Balaban J connectivity index is 2.73. The van der Waals surface area contributed by atoms with Crippen molar-refractivity contribution in [2.45, 2.75) is 32.1 Å². The van der Waals surface area contributed by atoms with E-state index in [0.717, 1.165) is 5.56 Å². The summed E-state index contributed by atoms with van der Waals surface area (Å²) in [5.41, 5.74) is 2.31. The average Bonchev–Trinajstić information content (AvgIpc) is 2.35. The van der Waals surface area contributed by atoms with Crippen LogP contribution >= 0.6 is 11.6 Å². The Morgan fingerprint density at radius 2 is 1.84 bits per heavy atom. The van der Waals surface area contributed by atoms with Gasteiger partial charge in [0.1, 0.15) is 0 Å². The summed E-state index contributed by atoms with van der Waals surface area (Å²) in [6, 6.07) is 6.80. The third-order valence-electron chi connectivity index (χ3n) is 2.83. The van der Waals surface area contributed by atoms with E-state index in [4.69, 9.17) is 11.6 Å². The summed E-state index contributed by atoms with van der Waals surface area (Å²) in [5.74, 6) is 0. The Bertz CT molecular complexity index is 533. The molecule has 0 saturated heterocycles. The lowest BCUT2D eigenvalue weighted by atomic mass is 9.90. The SMILES string of the molecule is Cc1ccc(S(=O)(=O)NCC(C)(C)C/C=C/Cl)cc1. The van der Waals surface area contributed by atoms with Gasteiger partial charge >= 0.3 is 0 Å². The Labute approximate surface area is 120 Å². The van der Waals surface area contributed by atoms with Gasteiger partial charge < -0.3 is 0 Å². The highest BCUT2D eigenvalue weighted by molar-refractivity contribution is 7.89. The van der Waals surface area contributed by atoms with Gasteiger partial charge in [-0.05, 0) is 30.9 Å². The molecule has 0 saturated carbocycles. The molecule has 0 amide bonds. The van der Waals surface area contributed by atoms with Crippen molar-refractivity contribution in [3.05, 3.63) is 41.4 Å². The highest BCUT2D eigenvalue weighted by Gasteiger charge is 2.21. The van der Waals surface area contributed by atoms with Gasteiger partial charge in [0.2, 0.25) is 10.0 Å². The average molecular weight is 302 g/mol. The third-order valence-corrected chi connectivity index (χ3v) is 4.43. The van der Waals surface area contributed by atoms with Gasteiger partial charge in [-0.1, -0.05) is 49.2 Å². The Hall–Kier alpha value is -0.840. The van der Waals surface area contributed by atoms with Crippen LogP contribution in [0.1, 0.15) is 25.8 Å². The van der Waals surface area contributed by atoms with Gasteiger partial charge in [-0.25, -0.2) is 13.1 Å². The van der Waals surface area contributed by atoms with Crippen LogP contribution < -0.4 is 4.72 Å². The number of rotatable bonds is 6. The van der Waals surface area contributed by atoms with Crippen molar-refractivity contribution >= 4 is 21.6 Å². The molecule has 0 atom stereocenters. The molecule has 3 nitrogen and oxygen atoms in total. The number of nitrogens with one attached hydrogen (secondary N) is 1. The minimum absolute atomic E-state index is 0.177. The van der Waals surface area contributed by atoms with Gasteiger partial charge in [-0.3, -0.25) is 0 Å². The lowest BCUT2D eigenvalue weighted by molar-refractivity contribution is 0.368. The fourth-order valence-electron chi connectivity index (χ4n) is 1.53. The van der Waals surface area contributed by atoms with Gasteiger partial charge in [0.25, 0.3) is 0 Å². The first-order chi connectivity index (χ1) is 8.77. The van der Waals surface area contributed by atoms with Gasteiger partial charge in [0.15, 0.2) is 0 Å². The zero-order chi connectivity index (χ0) is 14.5. The van der Waals surface area contributed by atoms with Crippen LogP contribution in [0.5, 0.6) is 0 Å². The van der Waals surface area contributed by atoms with E-state index in [9.17, 15) is 8.42 Å². The van der Waals surface area contributed by atoms with Crippen molar-refractivity contribution in [3.63, 3.8) is 0 Å². The van der Waals surface area contributed by atoms with Crippen LogP contribution in [0.25, 0.3) is 0 Å². The molecule has 0 aliphatic carbocycles. The predicted octanol–water partition coefficient (Wildman–Crippen LogP) is 3.44. The molecule has 1 rings (SSSR count). The molecule has 1 N–H and O–H groups in total. The molecule has 0 aliphatic rings. The third kappa shape index (κ3) is 5.35. The van der Waals surface area contributed by atoms with E-state index in [2.05, 4.69) is 4.72 Å². The molecule has 0 aliphatic heterocycles. The molecule has 0 aromatic heterocycles. The van der Waals surface area contributed by atoms with Crippen molar-refractivity contribution in [1.82, 2.24) is 4.72 Å². The first kappa shape index (κ1) is 16.2. The molecule has 0 spiro atoms. The molecule has 5 heteroatoms. The molecule has 1 aromatic carbocycles. The maximum atomic E-state index is 12.1. The normalized spacial score (nSPS) is 13.1. The van der Waals surface area contributed by atoms with E-state index in [1.807, 2.05) is 26.8 Å². The molecule has 0 heterocycles.